The van der Waals surface area contributed by atoms with E-state index in [-0.39, 0.29) is 5.97 Å². The van der Waals surface area contributed by atoms with E-state index >= 15 is 0 Å². The van der Waals surface area contributed by atoms with Gasteiger partial charge >= 0.3 is 5.97 Å². The Kier molecular flexibility index (Phi) is 7.32. The molecule has 0 atom stereocenters. The number of nitrogens with one attached hydrogen (secondary N) is 1. The second-order valence-corrected chi connectivity index (χ2v) is 4.13. The molecule has 112 valence electrons. The molecule has 0 saturated carbocycles. The summed E-state index contributed by atoms with van der Waals surface area (Å²) >= 11 is 0. The fourth-order valence-corrected chi connectivity index (χ4v) is 1.73. The number of anilines is 1. The van der Waals surface area contributed by atoms with E-state index in [4.69, 9.17) is 9.47 Å². The van der Waals surface area contributed by atoms with Crippen molar-refractivity contribution in [2.75, 3.05) is 32.2 Å². The summed E-state index contributed by atoms with van der Waals surface area (Å²) in [6.07, 6.45) is 1.14. The van der Waals surface area contributed by atoms with E-state index in [2.05, 4.69) is 10.1 Å². The molecule has 0 saturated heterocycles. The van der Waals surface area contributed by atoms with Gasteiger partial charge in [-0.2, -0.15) is 0 Å². The second-order valence-electron chi connectivity index (χ2n) is 4.13. The van der Waals surface area contributed by atoms with Gasteiger partial charge in [0.2, 0.25) is 0 Å². The predicted octanol–water partition coefficient (Wildman–Crippen LogP) is 2.85. The molecule has 1 N–H and O–H groups in total. The number of carbonyl (C=O) groups excluding carboxylic acids is 1. The number of ether oxygens (including phenoxy) is 3. The second kappa shape index (κ2) is 9.07. The zero-order valence-electron chi connectivity index (χ0n) is 12.4. The van der Waals surface area contributed by atoms with Gasteiger partial charge in [-0.15, -0.1) is 0 Å². The Labute approximate surface area is 120 Å². The molecule has 0 fully saturated rings. The summed E-state index contributed by atoms with van der Waals surface area (Å²) in [6, 6.07) is 5.73. The van der Waals surface area contributed by atoms with Gasteiger partial charge in [-0.05, 0) is 32.4 Å². The van der Waals surface area contributed by atoms with E-state index in [1.807, 2.05) is 32.0 Å². The molecule has 5 nitrogen and oxygen atoms in total. The van der Waals surface area contributed by atoms with E-state index in [1.54, 1.807) is 0 Å². The summed E-state index contributed by atoms with van der Waals surface area (Å²) in [7, 11) is 1.40. The quantitative estimate of drug-likeness (QED) is 0.557. The van der Waals surface area contributed by atoms with Crippen LogP contribution >= 0.6 is 0 Å². The smallest absolute Gasteiger partial charge is 0.305 e. The lowest BCUT2D eigenvalue weighted by Crippen LogP contribution is -2.07. The van der Waals surface area contributed by atoms with Crippen molar-refractivity contribution >= 4 is 11.7 Å². The van der Waals surface area contributed by atoms with Crippen molar-refractivity contribution in [3.8, 4) is 11.5 Å². The molecule has 0 unspecified atom stereocenters. The summed E-state index contributed by atoms with van der Waals surface area (Å²) in [4.78, 5) is 11.0. The van der Waals surface area contributed by atoms with E-state index < -0.39 is 0 Å². The van der Waals surface area contributed by atoms with Crippen LogP contribution < -0.4 is 14.8 Å². The Morgan fingerprint density at radius 3 is 2.50 bits per heavy atom. The Morgan fingerprint density at radius 2 is 1.85 bits per heavy atom. The van der Waals surface area contributed by atoms with Gasteiger partial charge in [0.1, 0.15) is 0 Å². The summed E-state index contributed by atoms with van der Waals surface area (Å²) in [5, 5.41) is 3.25. The van der Waals surface area contributed by atoms with Gasteiger partial charge in [0.15, 0.2) is 11.5 Å². The highest BCUT2D eigenvalue weighted by Gasteiger charge is 2.06. The first-order valence-corrected chi connectivity index (χ1v) is 6.91. The van der Waals surface area contributed by atoms with Crippen LogP contribution in [0.15, 0.2) is 18.2 Å². The van der Waals surface area contributed by atoms with Gasteiger partial charge in [-0.1, -0.05) is 0 Å². The molecule has 0 bridgehead atoms. The lowest BCUT2D eigenvalue weighted by molar-refractivity contribution is -0.140. The van der Waals surface area contributed by atoms with E-state index in [0.717, 1.165) is 23.6 Å². The molecule has 0 spiro atoms. The summed E-state index contributed by atoms with van der Waals surface area (Å²) < 4.78 is 15.6. The highest BCUT2D eigenvalue weighted by molar-refractivity contribution is 5.69. The minimum absolute atomic E-state index is 0.187. The molecule has 1 rings (SSSR count). The number of methoxy groups -OCH3 is 1. The van der Waals surface area contributed by atoms with Gasteiger partial charge < -0.3 is 19.5 Å². The van der Waals surface area contributed by atoms with Crippen molar-refractivity contribution in [1.82, 2.24) is 0 Å². The number of hydrogen-bond donors (Lipinski definition) is 1. The molecule has 0 heterocycles. The Morgan fingerprint density at radius 1 is 1.15 bits per heavy atom. The fraction of sp³-hybridized carbons (Fsp3) is 0.533. The lowest BCUT2D eigenvalue weighted by atomic mass is 10.2. The molecule has 0 aliphatic rings. The van der Waals surface area contributed by atoms with Crippen LogP contribution in [0.4, 0.5) is 5.69 Å². The minimum Gasteiger partial charge on any atom is -0.490 e. The third-order valence-electron chi connectivity index (χ3n) is 2.66. The van der Waals surface area contributed by atoms with Gasteiger partial charge in [0, 0.05) is 24.7 Å². The van der Waals surface area contributed by atoms with E-state index in [0.29, 0.717) is 26.2 Å². The Balaban J connectivity index is 2.53. The van der Waals surface area contributed by atoms with Crippen molar-refractivity contribution in [2.24, 2.45) is 0 Å². The summed E-state index contributed by atoms with van der Waals surface area (Å²) in [6.45, 7) is 5.77. The highest BCUT2D eigenvalue weighted by Crippen LogP contribution is 2.30. The highest BCUT2D eigenvalue weighted by atomic mass is 16.5. The first-order chi connectivity index (χ1) is 9.71. The monoisotopic (exact) mass is 281 g/mol. The van der Waals surface area contributed by atoms with Gasteiger partial charge in [-0.3, -0.25) is 4.79 Å². The topological polar surface area (TPSA) is 56.8 Å². The SMILES string of the molecule is CCOc1ccc(NCCCC(=O)OC)cc1OCC. The number of carbonyl (C=O) groups is 1. The molecular formula is C15H23NO4. The molecule has 1 aromatic carbocycles. The normalized spacial score (nSPS) is 9.95. The van der Waals surface area contributed by atoms with Crippen molar-refractivity contribution in [2.45, 2.75) is 26.7 Å². The minimum atomic E-state index is -0.187. The number of benzene rings is 1. The largest absolute Gasteiger partial charge is 0.490 e. The van der Waals surface area contributed by atoms with Crippen LogP contribution in [0.1, 0.15) is 26.7 Å². The van der Waals surface area contributed by atoms with Crippen LogP contribution in [0.5, 0.6) is 11.5 Å². The first-order valence-electron chi connectivity index (χ1n) is 6.91. The maximum absolute atomic E-state index is 11.0. The average Bonchev–Trinajstić information content (AvgIpc) is 2.46. The third-order valence-corrected chi connectivity index (χ3v) is 2.66. The predicted molar refractivity (Wildman–Crippen MR) is 78.5 cm³/mol. The van der Waals surface area contributed by atoms with E-state index in [1.165, 1.54) is 7.11 Å². The van der Waals surface area contributed by atoms with Crippen molar-refractivity contribution in [3.63, 3.8) is 0 Å². The molecule has 0 radical (unpaired) electrons. The van der Waals surface area contributed by atoms with Gasteiger partial charge in [-0.25, -0.2) is 0 Å². The molecule has 0 aromatic heterocycles. The molecule has 20 heavy (non-hydrogen) atoms. The maximum Gasteiger partial charge on any atom is 0.305 e. The third kappa shape index (κ3) is 5.38. The molecule has 0 aliphatic carbocycles. The number of rotatable bonds is 9. The van der Waals surface area contributed by atoms with Crippen LogP contribution in [-0.4, -0.2) is 32.8 Å². The molecule has 1 aromatic rings. The standard InChI is InChI=1S/C15H23NO4/c1-4-19-13-9-8-12(11-14(13)20-5-2)16-10-6-7-15(17)18-3/h8-9,11,16H,4-7,10H2,1-3H3. The van der Waals surface area contributed by atoms with Crippen LogP contribution in [0, 0.1) is 0 Å². The summed E-state index contributed by atoms with van der Waals surface area (Å²) in [5.41, 5.74) is 0.946. The van der Waals surface area contributed by atoms with E-state index in [9.17, 15) is 4.79 Å². The fourth-order valence-electron chi connectivity index (χ4n) is 1.73. The van der Waals surface area contributed by atoms with Crippen LogP contribution in [-0.2, 0) is 9.53 Å². The Hall–Kier alpha value is -1.91. The molecule has 0 amide bonds. The summed E-state index contributed by atoms with van der Waals surface area (Å²) in [5.74, 6) is 1.29. The zero-order chi connectivity index (χ0) is 14.8. The number of esters is 1. The molecule has 0 aliphatic heterocycles. The van der Waals surface area contributed by atoms with Crippen LogP contribution in [0.2, 0.25) is 0 Å². The lowest BCUT2D eigenvalue weighted by Gasteiger charge is -2.13. The van der Waals surface area contributed by atoms with Crippen molar-refractivity contribution < 1.29 is 19.0 Å². The van der Waals surface area contributed by atoms with Crippen molar-refractivity contribution in [1.29, 1.82) is 0 Å². The average molecular weight is 281 g/mol. The molecule has 5 heteroatoms. The van der Waals surface area contributed by atoms with Gasteiger partial charge in [0.25, 0.3) is 0 Å². The Bertz CT molecular complexity index is 420. The van der Waals surface area contributed by atoms with Gasteiger partial charge in [0.05, 0.1) is 20.3 Å². The number of hydrogen-bond acceptors (Lipinski definition) is 5. The van der Waals surface area contributed by atoms with Crippen molar-refractivity contribution in [3.05, 3.63) is 18.2 Å². The maximum atomic E-state index is 11.0. The zero-order valence-corrected chi connectivity index (χ0v) is 12.4. The van der Waals surface area contributed by atoms with Crippen LogP contribution in [0.3, 0.4) is 0 Å². The molecular weight excluding hydrogens is 258 g/mol. The first kappa shape index (κ1) is 16.1. The van der Waals surface area contributed by atoms with Crippen LogP contribution in [0.25, 0.3) is 0 Å².